The molecule has 1 aromatic carbocycles. The van der Waals surface area contributed by atoms with E-state index in [1.54, 1.807) is 6.07 Å². The summed E-state index contributed by atoms with van der Waals surface area (Å²) in [7, 11) is 0. The summed E-state index contributed by atoms with van der Waals surface area (Å²) in [5.41, 5.74) is 0.715. The number of benzene rings is 1. The van der Waals surface area contributed by atoms with Crippen LogP contribution in [0.4, 0.5) is 0 Å². The largest absolute Gasteiger partial charge is 0.353 e. The lowest BCUT2D eigenvalue weighted by atomic mass is 9.96. The summed E-state index contributed by atoms with van der Waals surface area (Å²) in [6, 6.07) is 7.06. The standard InChI is InChI=1S/C12H15ClN2O/c1-12(2)7-14-11(16)10(15-12)8-5-3-4-6-9(8)13/h3-6,10,15H,7H2,1-2H3,(H,14,16). The molecule has 0 spiro atoms. The minimum absolute atomic E-state index is 0.0209. The van der Waals surface area contributed by atoms with Gasteiger partial charge in [-0.15, -0.1) is 0 Å². The third-order valence-corrected chi connectivity index (χ3v) is 3.06. The molecule has 2 N–H and O–H groups in total. The van der Waals surface area contributed by atoms with Crippen molar-refractivity contribution in [2.75, 3.05) is 6.54 Å². The van der Waals surface area contributed by atoms with Crippen LogP contribution in [0, 0.1) is 0 Å². The highest BCUT2D eigenvalue weighted by Gasteiger charge is 2.34. The molecule has 1 atom stereocenters. The number of hydrogen-bond acceptors (Lipinski definition) is 2. The number of carbonyl (C=O) groups excluding carboxylic acids is 1. The lowest BCUT2D eigenvalue weighted by molar-refractivity contribution is -0.126. The third kappa shape index (κ3) is 2.20. The molecule has 1 aliphatic rings. The quantitative estimate of drug-likeness (QED) is 0.785. The SMILES string of the molecule is CC1(C)CNC(=O)C(c2ccccc2Cl)N1. The molecule has 16 heavy (non-hydrogen) atoms. The molecule has 1 fully saturated rings. The molecule has 1 aliphatic heterocycles. The Morgan fingerprint density at radius 1 is 1.38 bits per heavy atom. The molecule has 1 aromatic rings. The predicted octanol–water partition coefficient (Wildman–Crippen LogP) is 1.88. The summed E-state index contributed by atoms with van der Waals surface area (Å²) in [6.45, 7) is 4.74. The van der Waals surface area contributed by atoms with Gasteiger partial charge in [-0.25, -0.2) is 0 Å². The lowest BCUT2D eigenvalue weighted by Crippen LogP contribution is -2.59. The minimum atomic E-state index is -0.363. The van der Waals surface area contributed by atoms with E-state index in [9.17, 15) is 4.79 Å². The van der Waals surface area contributed by atoms with Gasteiger partial charge in [0, 0.05) is 17.1 Å². The van der Waals surface area contributed by atoms with Crippen LogP contribution >= 0.6 is 11.6 Å². The Labute approximate surface area is 100 Å². The van der Waals surface area contributed by atoms with Gasteiger partial charge in [0.05, 0.1) is 0 Å². The lowest BCUT2D eigenvalue weighted by Gasteiger charge is -2.37. The third-order valence-electron chi connectivity index (χ3n) is 2.72. The summed E-state index contributed by atoms with van der Waals surface area (Å²) in [4.78, 5) is 11.8. The maximum Gasteiger partial charge on any atom is 0.241 e. The zero-order valence-electron chi connectivity index (χ0n) is 9.38. The molecule has 3 nitrogen and oxygen atoms in total. The van der Waals surface area contributed by atoms with E-state index < -0.39 is 0 Å². The van der Waals surface area contributed by atoms with Crippen LogP contribution in [0.1, 0.15) is 25.5 Å². The van der Waals surface area contributed by atoms with Crippen LogP contribution in [0.5, 0.6) is 0 Å². The molecule has 0 bridgehead atoms. The number of carbonyl (C=O) groups is 1. The van der Waals surface area contributed by atoms with Crippen molar-refractivity contribution in [2.45, 2.75) is 25.4 Å². The summed E-state index contributed by atoms with van der Waals surface area (Å²) in [5.74, 6) is -0.0209. The maximum absolute atomic E-state index is 11.8. The van der Waals surface area contributed by atoms with Crippen molar-refractivity contribution in [3.63, 3.8) is 0 Å². The molecule has 0 aliphatic carbocycles. The normalized spacial score (nSPS) is 23.9. The van der Waals surface area contributed by atoms with Crippen molar-refractivity contribution < 1.29 is 4.79 Å². The maximum atomic E-state index is 11.8. The number of amides is 1. The van der Waals surface area contributed by atoms with Crippen LogP contribution in [-0.4, -0.2) is 18.0 Å². The van der Waals surface area contributed by atoms with Crippen molar-refractivity contribution in [1.29, 1.82) is 0 Å². The van der Waals surface area contributed by atoms with Gasteiger partial charge in [-0.05, 0) is 25.5 Å². The molecule has 1 unspecified atom stereocenters. The van der Waals surface area contributed by atoms with Crippen molar-refractivity contribution in [1.82, 2.24) is 10.6 Å². The van der Waals surface area contributed by atoms with Crippen LogP contribution in [0.2, 0.25) is 5.02 Å². The van der Waals surface area contributed by atoms with Gasteiger partial charge in [0.1, 0.15) is 6.04 Å². The molecule has 1 amide bonds. The average Bonchev–Trinajstić information content (AvgIpc) is 2.23. The van der Waals surface area contributed by atoms with Gasteiger partial charge < -0.3 is 5.32 Å². The highest BCUT2D eigenvalue weighted by atomic mass is 35.5. The summed E-state index contributed by atoms with van der Waals surface area (Å²) >= 11 is 6.10. The van der Waals surface area contributed by atoms with Gasteiger partial charge in [-0.3, -0.25) is 10.1 Å². The first-order valence-corrected chi connectivity index (χ1v) is 5.67. The number of rotatable bonds is 1. The molecule has 1 saturated heterocycles. The van der Waals surface area contributed by atoms with E-state index in [1.807, 2.05) is 18.2 Å². The van der Waals surface area contributed by atoms with Crippen LogP contribution in [-0.2, 0) is 4.79 Å². The summed E-state index contributed by atoms with van der Waals surface area (Å²) < 4.78 is 0. The molecule has 2 rings (SSSR count). The van der Waals surface area contributed by atoms with Crippen LogP contribution < -0.4 is 10.6 Å². The van der Waals surface area contributed by atoms with Crippen molar-refractivity contribution in [3.05, 3.63) is 34.9 Å². The van der Waals surface area contributed by atoms with E-state index in [-0.39, 0.29) is 17.5 Å². The number of halogens is 1. The summed E-state index contributed by atoms with van der Waals surface area (Å²) in [5, 5.41) is 6.81. The Morgan fingerprint density at radius 2 is 2.06 bits per heavy atom. The zero-order chi connectivity index (χ0) is 11.8. The van der Waals surface area contributed by atoms with Crippen LogP contribution in [0.25, 0.3) is 0 Å². The second-order valence-corrected chi connectivity index (χ2v) is 5.11. The van der Waals surface area contributed by atoms with Gasteiger partial charge in [0.2, 0.25) is 5.91 Å². The van der Waals surface area contributed by atoms with E-state index in [2.05, 4.69) is 24.5 Å². The van der Waals surface area contributed by atoms with Crippen molar-refractivity contribution >= 4 is 17.5 Å². The zero-order valence-corrected chi connectivity index (χ0v) is 10.1. The Hall–Kier alpha value is -1.06. The number of piperazine rings is 1. The molecule has 0 saturated carbocycles. The molecule has 0 radical (unpaired) electrons. The van der Waals surface area contributed by atoms with Gasteiger partial charge in [-0.1, -0.05) is 29.8 Å². The number of nitrogens with one attached hydrogen (secondary N) is 2. The van der Waals surface area contributed by atoms with Crippen molar-refractivity contribution in [3.8, 4) is 0 Å². The first-order valence-electron chi connectivity index (χ1n) is 5.29. The van der Waals surface area contributed by atoms with E-state index in [0.717, 1.165) is 5.56 Å². The topological polar surface area (TPSA) is 41.1 Å². The monoisotopic (exact) mass is 238 g/mol. The highest BCUT2D eigenvalue weighted by molar-refractivity contribution is 6.31. The second kappa shape index (κ2) is 4.07. The Kier molecular flexibility index (Phi) is 2.91. The second-order valence-electron chi connectivity index (χ2n) is 4.70. The predicted molar refractivity (Wildman–Crippen MR) is 64.4 cm³/mol. The molecular weight excluding hydrogens is 224 g/mol. The smallest absolute Gasteiger partial charge is 0.241 e. The molecule has 4 heteroatoms. The van der Waals surface area contributed by atoms with E-state index in [1.165, 1.54) is 0 Å². The Bertz CT molecular complexity index is 417. The van der Waals surface area contributed by atoms with E-state index in [0.29, 0.717) is 11.6 Å². The average molecular weight is 239 g/mol. The fourth-order valence-electron chi connectivity index (χ4n) is 1.85. The van der Waals surface area contributed by atoms with E-state index >= 15 is 0 Å². The number of hydrogen-bond donors (Lipinski definition) is 2. The molecular formula is C12H15ClN2O. The summed E-state index contributed by atoms with van der Waals surface area (Å²) in [6.07, 6.45) is 0. The van der Waals surface area contributed by atoms with Gasteiger partial charge in [-0.2, -0.15) is 0 Å². The van der Waals surface area contributed by atoms with E-state index in [4.69, 9.17) is 11.6 Å². The van der Waals surface area contributed by atoms with Crippen LogP contribution in [0.15, 0.2) is 24.3 Å². The molecule has 0 aromatic heterocycles. The first kappa shape index (κ1) is 11.4. The highest BCUT2D eigenvalue weighted by Crippen LogP contribution is 2.26. The van der Waals surface area contributed by atoms with Gasteiger partial charge in [0.15, 0.2) is 0 Å². The Morgan fingerprint density at radius 3 is 2.75 bits per heavy atom. The molecule has 1 heterocycles. The Balaban J connectivity index is 2.32. The van der Waals surface area contributed by atoms with Crippen LogP contribution in [0.3, 0.4) is 0 Å². The fourth-order valence-corrected chi connectivity index (χ4v) is 2.09. The minimum Gasteiger partial charge on any atom is -0.353 e. The van der Waals surface area contributed by atoms with Gasteiger partial charge in [0.25, 0.3) is 0 Å². The fraction of sp³-hybridized carbons (Fsp3) is 0.417. The first-order chi connectivity index (χ1) is 7.49. The van der Waals surface area contributed by atoms with Crippen molar-refractivity contribution in [2.24, 2.45) is 0 Å². The van der Waals surface area contributed by atoms with Gasteiger partial charge >= 0.3 is 0 Å². The molecule has 86 valence electrons.